The minimum absolute atomic E-state index is 0.0725. The maximum absolute atomic E-state index is 15.1. The van der Waals surface area contributed by atoms with Crippen LogP contribution in [0.1, 0.15) is 39.5 Å². The van der Waals surface area contributed by atoms with E-state index in [2.05, 4.69) is 19.1 Å². The number of esters is 1. The number of hydrogen-bond acceptors (Lipinski definition) is 3. The average Bonchev–Trinajstić information content (AvgIpc) is 2.73. The summed E-state index contributed by atoms with van der Waals surface area (Å²) < 4.78 is 20.4. The molecular formula is C24H18FNO2. The van der Waals surface area contributed by atoms with Crippen molar-refractivity contribution in [1.82, 2.24) is 0 Å². The zero-order valence-electron chi connectivity index (χ0n) is 15.5. The first-order valence-corrected chi connectivity index (χ1v) is 9.26. The smallest absolute Gasteiger partial charge is 0.346 e. The number of fused-ring (bicyclic) bond motifs is 3. The zero-order chi connectivity index (χ0) is 19.7. The van der Waals surface area contributed by atoms with Crippen LogP contribution in [-0.4, -0.2) is 5.97 Å². The summed E-state index contributed by atoms with van der Waals surface area (Å²) >= 11 is 0. The third kappa shape index (κ3) is 3.16. The molecule has 3 nitrogen and oxygen atoms in total. The van der Waals surface area contributed by atoms with Gasteiger partial charge in [-0.1, -0.05) is 31.2 Å². The van der Waals surface area contributed by atoms with Gasteiger partial charge in [0.2, 0.25) is 0 Å². The van der Waals surface area contributed by atoms with E-state index in [1.165, 1.54) is 29.3 Å². The molecule has 0 heterocycles. The van der Waals surface area contributed by atoms with Crippen LogP contribution in [0.4, 0.5) is 4.39 Å². The van der Waals surface area contributed by atoms with Crippen LogP contribution in [0.5, 0.6) is 5.75 Å². The summed E-state index contributed by atoms with van der Waals surface area (Å²) in [6.07, 6.45) is 2.27. The molecule has 0 fully saturated rings. The topological polar surface area (TPSA) is 50.1 Å². The van der Waals surface area contributed by atoms with E-state index in [1.807, 2.05) is 12.1 Å². The lowest BCUT2D eigenvalue weighted by Gasteiger charge is -2.22. The molecule has 0 amide bonds. The minimum Gasteiger partial charge on any atom is -0.423 e. The standard InChI is InChI=1S/C24H18FNO2/c1-2-15-5-9-19-17(13-15)6-10-21-20(19)11-12-22(23(21)25)24(27)28-18-7-3-16(14-26)4-8-18/h3-5,7-9,11-13H,2,6,10H2,1H3. The van der Waals surface area contributed by atoms with E-state index in [-0.39, 0.29) is 11.3 Å². The Labute approximate surface area is 163 Å². The molecule has 0 N–H and O–H groups in total. The highest BCUT2D eigenvalue weighted by Crippen LogP contribution is 2.36. The molecule has 4 heteroatoms. The van der Waals surface area contributed by atoms with E-state index in [0.29, 0.717) is 17.5 Å². The fourth-order valence-electron chi connectivity index (χ4n) is 3.63. The van der Waals surface area contributed by atoms with Gasteiger partial charge in [-0.3, -0.25) is 0 Å². The highest BCUT2D eigenvalue weighted by Gasteiger charge is 2.24. The van der Waals surface area contributed by atoms with Crippen LogP contribution in [0.25, 0.3) is 11.1 Å². The first kappa shape index (κ1) is 17.9. The molecule has 3 aromatic carbocycles. The van der Waals surface area contributed by atoms with Crippen LogP contribution in [-0.2, 0) is 19.3 Å². The maximum atomic E-state index is 15.1. The number of aryl methyl sites for hydroxylation is 2. The third-order valence-electron chi connectivity index (χ3n) is 5.17. The van der Waals surface area contributed by atoms with Crippen LogP contribution in [0.3, 0.4) is 0 Å². The number of carbonyl (C=O) groups excluding carboxylic acids is 1. The molecule has 0 unspecified atom stereocenters. The Kier molecular flexibility index (Phi) is 4.67. The Morgan fingerprint density at radius 2 is 1.82 bits per heavy atom. The van der Waals surface area contributed by atoms with Gasteiger partial charge in [-0.2, -0.15) is 5.26 Å². The summed E-state index contributed by atoms with van der Waals surface area (Å²) in [6, 6.07) is 17.7. The molecule has 28 heavy (non-hydrogen) atoms. The van der Waals surface area contributed by atoms with Crippen molar-refractivity contribution in [2.75, 3.05) is 0 Å². The van der Waals surface area contributed by atoms with Gasteiger partial charge in [0.15, 0.2) is 0 Å². The first-order valence-electron chi connectivity index (χ1n) is 9.26. The molecule has 0 bridgehead atoms. The second kappa shape index (κ2) is 7.28. The van der Waals surface area contributed by atoms with Crippen LogP contribution >= 0.6 is 0 Å². The van der Waals surface area contributed by atoms with Crippen molar-refractivity contribution in [3.63, 3.8) is 0 Å². The van der Waals surface area contributed by atoms with E-state index in [9.17, 15) is 4.79 Å². The first-order chi connectivity index (χ1) is 13.6. The third-order valence-corrected chi connectivity index (χ3v) is 5.17. The molecule has 0 radical (unpaired) electrons. The van der Waals surface area contributed by atoms with E-state index in [1.54, 1.807) is 18.2 Å². The molecule has 0 aromatic heterocycles. The summed E-state index contributed by atoms with van der Waals surface area (Å²) in [5.74, 6) is -0.975. The highest BCUT2D eigenvalue weighted by molar-refractivity contribution is 5.93. The van der Waals surface area contributed by atoms with Crippen molar-refractivity contribution in [1.29, 1.82) is 5.26 Å². The number of nitriles is 1. The van der Waals surface area contributed by atoms with Crippen molar-refractivity contribution in [2.24, 2.45) is 0 Å². The molecule has 1 aliphatic rings. The summed E-state index contributed by atoms with van der Waals surface area (Å²) in [4.78, 5) is 12.5. The van der Waals surface area contributed by atoms with E-state index in [4.69, 9.17) is 10.00 Å². The predicted molar refractivity (Wildman–Crippen MR) is 105 cm³/mol. The van der Waals surface area contributed by atoms with E-state index in [0.717, 1.165) is 24.0 Å². The Bertz CT molecular complexity index is 1110. The molecule has 0 atom stereocenters. The summed E-state index contributed by atoms with van der Waals surface area (Å²) in [5.41, 5.74) is 5.32. The van der Waals surface area contributed by atoms with Gasteiger partial charge < -0.3 is 4.74 Å². The lowest BCUT2D eigenvalue weighted by molar-refractivity contribution is 0.0729. The quantitative estimate of drug-likeness (QED) is 0.467. The second-order valence-electron chi connectivity index (χ2n) is 6.82. The lowest BCUT2D eigenvalue weighted by atomic mass is 9.83. The monoisotopic (exact) mass is 371 g/mol. The minimum atomic E-state index is -0.739. The number of rotatable bonds is 3. The molecule has 0 spiro atoms. The van der Waals surface area contributed by atoms with E-state index >= 15 is 4.39 Å². The molecular weight excluding hydrogens is 353 g/mol. The number of halogens is 1. The molecule has 3 aromatic rings. The maximum Gasteiger partial charge on any atom is 0.346 e. The number of hydrogen-bond donors (Lipinski definition) is 0. The Morgan fingerprint density at radius 1 is 1.07 bits per heavy atom. The fourth-order valence-corrected chi connectivity index (χ4v) is 3.63. The summed E-state index contributed by atoms with van der Waals surface area (Å²) in [5, 5.41) is 8.83. The van der Waals surface area contributed by atoms with Gasteiger partial charge in [0.25, 0.3) is 0 Å². The van der Waals surface area contributed by atoms with Gasteiger partial charge in [0.05, 0.1) is 17.2 Å². The molecule has 4 rings (SSSR count). The van der Waals surface area contributed by atoms with Crippen LogP contribution in [0.15, 0.2) is 54.6 Å². The van der Waals surface area contributed by atoms with Gasteiger partial charge in [0.1, 0.15) is 11.6 Å². The van der Waals surface area contributed by atoms with Gasteiger partial charge >= 0.3 is 5.97 Å². The van der Waals surface area contributed by atoms with Gasteiger partial charge in [-0.15, -0.1) is 0 Å². The van der Waals surface area contributed by atoms with Crippen LogP contribution in [0, 0.1) is 17.1 Å². The lowest BCUT2D eigenvalue weighted by Crippen LogP contribution is -2.15. The van der Waals surface area contributed by atoms with Crippen molar-refractivity contribution >= 4 is 5.97 Å². The van der Waals surface area contributed by atoms with Gasteiger partial charge in [-0.25, -0.2) is 9.18 Å². The Morgan fingerprint density at radius 3 is 2.54 bits per heavy atom. The second-order valence-corrected chi connectivity index (χ2v) is 6.82. The van der Waals surface area contributed by atoms with Gasteiger partial charge in [0, 0.05) is 0 Å². The predicted octanol–water partition coefficient (Wildman–Crippen LogP) is 5.24. The van der Waals surface area contributed by atoms with Crippen molar-refractivity contribution in [2.45, 2.75) is 26.2 Å². The molecule has 1 aliphatic carbocycles. The number of nitrogens with zero attached hydrogens (tertiary/aromatic N) is 1. The Hall–Kier alpha value is -3.45. The normalized spacial score (nSPS) is 11.9. The Balaban J connectivity index is 1.65. The van der Waals surface area contributed by atoms with Crippen molar-refractivity contribution in [3.05, 3.63) is 88.2 Å². The number of carbonyl (C=O) groups is 1. The van der Waals surface area contributed by atoms with Gasteiger partial charge in [-0.05, 0) is 77.4 Å². The van der Waals surface area contributed by atoms with Crippen LogP contribution < -0.4 is 4.74 Å². The van der Waals surface area contributed by atoms with Crippen molar-refractivity contribution < 1.29 is 13.9 Å². The summed E-state index contributed by atoms with van der Waals surface area (Å²) in [7, 11) is 0. The van der Waals surface area contributed by atoms with Crippen molar-refractivity contribution in [3.8, 4) is 22.9 Å². The summed E-state index contributed by atoms with van der Waals surface area (Å²) in [6.45, 7) is 2.11. The SMILES string of the molecule is CCc1ccc2c(c1)CCc1c-2ccc(C(=O)Oc2ccc(C#N)cc2)c1F. The fraction of sp³-hybridized carbons (Fsp3) is 0.167. The van der Waals surface area contributed by atoms with Crippen LogP contribution in [0.2, 0.25) is 0 Å². The highest BCUT2D eigenvalue weighted by atomic mass is 19.1. The molecule has 138 valence electrons. The number of benzene rings is 3. The average molecular weight is 371 g/mol. The number of ether oxygens (including phenoxy) is 1. The molecule has 0 saturated carbocycles. The molecule has 0 aliphatic heterocycles. The molecule has 0 saturated heterocycles. The zero-order valence-corrected chi connectivity index (χ0v) is 15.5. The largest absolute Gasteiger partial charge is 0.423 e. The van der Waals surface area contributed by atoms with E-state index < -0.39 is 11.8 Å².